The van der Waals surface area contributed by atoms with Crippen molar-refractivity contribution in [2.24, 2.45) is 0 Å². The van der Waals surface area contributed by atoms with Gasteiger partial charge in [0, 0.05) is 38.3 Å². The normalized spacial score (nSPS) is 17.1. The highest BCUT2D eigenvalue weighted by Gasteiger charge is 2.32. The second-order valence-electron chi connectivity index (χ2n) is 6.33. The summed E-state index contributed by atoms with van der Waals surface area (Å²) in [5.41, 5.74) is -0.648. The van der Waals surface area contributed by atoms with Crippen LogP contribution in [-0.4, -0.2) is 48.9 Å². The molecule has 9 heteroatoms. The van der Waals surface area contributed by atoms with Gasteiger partial charge in [0.05, 0.1) is 10.5 Å². The molecule has 1 fully saturated rings. The van der Waals surface area contributed by atoms with Crippen molar-refractivity contribution in [1.82, 2.24) is 9.21 Å². The molecule has 2 aromatic rings. The molecular formula is C18H19F3N2O3S. The van der Waals surface area contributed by atoms with Gasteiger partial charge in [0.25, 0.3) is 0 Å². The molecule has 5 nitrogen and oxygen atoms in total. The smallest absolute Gasteiger partial charge is 0.416 e. The quantitative estimate of drug-likeness (QED) is 0.857. The summed E-state index contributed by atoms with van der Waals surface area (Å²) in [6.07, 6.45) is -4.48. The lowest BCUT2D eigenvalue weighted by Crippen LogP contribution is -2.48. The Morgan fingerprint density at radius 2 is 1.59 bits per heavy atom. The summed E-state index contributed by atoms with van der Waals surface area (Å²) in [6, 6.07) is 10.9. The zero-order chi connectivity index (χ0) is 19.7. The average molecular weight is 400 g/mol. The number of phenolic OH excluding ortho intramolecular Hbond substituents is 1. The number of rotatable bonds is 4. The van der Waals surface area contributed by atoms with Crippen LogP contribution >= 0.6 is 0 Å². The maximum absolute atomic E-state index is 12.9. The molecule has 0 saturated carbocycles. The van der Waals surface area contributed by atoms with Gasteiger partial charge < -0.3 is 5.11 Å². The topological polar surface area (TPSA) is 60.9 Å². The molecule has 0 aliphatic carbocycles. The molecule has 0 radical (unpaired) electrons. The van der Waals surface area contributed by atoms with Crippen molar-refractivity contribution in [2.45, 2.75) is 17.6 Å². The second-order valence-corrected chi connectivity index (χ2v) is 8.27. The van der Waals surface area contributed by atoms with Crippen molar-refractivity contribution in [3.05, 3.63) is 59.7 Å². The fourth-order valence-corrected chi connectivity index (χ4v) is 4.44. The second kappa shape index (κ2) is 7.49. The van der Waals surface area contributed by atoms with Gasteiger partial charge in [0.15, 0.2) is 0 Å². The highest BCUT2D eigenvalue weighted by atomic mass is 32.2. The molecule has 27 heavy (non-hydrogen) atoms. The molecule has 3 rings (SSSR count). The fraction of sp³-hybridized carbons (Fsp3) is 0.333. The average Bonchev–Trinajstić information content (AvgIpc) is 2.64. The largest absolute Gasteiger partial charge is 0.508 e. The van der Waals surface area contributed by atoms with Crippen LogP contribution in [0.2, 0.25) is 0 Å². The van der Waals surface area contributed by atoms with Gasteiger partial charge in [0.1, 0.15) is 5.75 Å². The summed E-state index contributed by atoms with van der Waals surface area (Å²) in [6.45, 7) is 1.31. The van der Waals surface area contributed by atoms with E-state index < -0.39 is 21.8 Å². The van der Waals surface area contributed by atoms with E-state index in [1.54, 1.807) is 18.2 Å². The van der Waals surface area contributed by atoms with Crippen LogP contribution < -0.4 is 0 Å². The summed E-state index contributed by atoms with van der Waals surface area (Å²) in [4.78, 5) is 2.04. The molecule has 0 spiro atoms. The van der Waals surface area contributed by atoms with Gasteiger partial charge in [-0.05, 0) is 30.3 Å². The van der Waals surface area contributed by atoms with Gasteiger partial charge in [-0.25, -0.2) is 8.42 Å². The van der Waals surface area contributed by atoms with Crippen molar-refractivity contribution in [3.8, 4) is 5.75 Å². The Balaban J connectivity index is 1.67. The van der Waals surface area contributed by atoms with Gasteiger partial charge in [0.2, 0.25) is 10.0 Å². The van der Waals surface area contributed by atoms with Crippen LogP contribution in [-0.2, 0) is 22.7 Å². The molecule has 0 amide bonds. The molecule has 146 valence electrons. The Morgan fingerprint density at radius 3 is 2.19 bits per heavy atom. The Hall–Kier alpha value is -2.10. The van der Waals surface area contributed by atoms with E-state index in [0.29, 0.717) is 13.1 Å². The number of phenols is 1. The zero-order valence-electron chi connectivity index (χ0n) is 14.4. The number of sulfonamides is 1. The first-order chi connectivity index (χ1) is 12.7. The molecule has 1 heterocycles. The summed E-state index contributed by atoms with van der Waals surface area (Å²) in [5, 5.41) is 9.86. The lowest BCUT2D eigenvalue weighted by atomic mass is 10.1. The Morgan fingerprint density at radius 1 is 0.963 bits per heavy atom. The monoisotopic (exact) mass is 400 g/mol. The molecule has 1 N–H and O–H groups in total. The molecule has 2 aromatic carbocycles. The third-order valence-electron chi connectivity index (χ3n) is 4.51. The van der Waals surface area contributed by atoms with Crippen molar-refractivity contribution >= 4 is 10.0 Å². The van der Waals surface area contributed by atoms with Crippen LogP contribution in [0.4, 0.5) is 13.2 Å². The van der Waals surface area contributed by atoms with Crippen LogP contribution in [0.3, 0.4) is 0 Å². The number of nitrogens with zero attached hydrogens (tertiary/aromatic N) is 2. The predicted molar refractivity (Wildman–Crippen MR) is 93.6 cm³/mol. The van der Waals surface area contributed by atoms with Gasteiger partial charge in [-0.1, -0.05) is 18.2 Å². The van der Waals surface area contributed by atoms with Gasteiger partial charge in [-0.2, -0.15) is 17.5 Å². The molecule has 0 aromatic heterocycles. The van der Waals surface area contributed by atoms with Gasteiger partial charge >= 0.3 is 6.18 Å². The maximum atomic E-state index is 12.9. The third kappa shape index (κ3) is 4.42. The van der Waals surface area contributed by atoms with E-state index in [0.717, 1.165) is 18.2 Å². The third-order valence-corrected chi connectivity index (χ3v) is 6.43. The van der Waals surface area contributed by atoms with E-state index >= 15 is 0 Å². The minimum absolute atomic E-state index is 0.120. The van der Waals surface area contributed by atoms with Crippen LogP contribution in [0.1, 0.15) is 11.1 Å². The number of hydrogen-bond donors (Lipinski definition) is 1. The molecule has 1 aliphatic rings. The lowest BCUT2D eigenvalue weighted by molar-refractivity contribution is -0.137. The van der Waals surface area contributed by atoms with Crippen LogP contribution in [0.25, 0.3) is 0 Å². The van der Waals surface area contributed by atoms with Crippen molar-refractivity contribution in [3.63, 3.8) is 0 Å². The summed E-state index contributed by atoms with van der Waals surface area (Å²) in [5.74, 6) is -0.206. The highest BCUT2D eigenvalue weighted by molar-refractivity contribution is 7.89. The van der Waals surface area contributed by atoms with Crippen LogP contribution in [0, 0.1) is 0 Å². The lowest BCUT2D eigenvalue weighted by Gasteiger charge is -2.34. The maximum Gasteiger partial charge on any atom is 0.416 e. The summed E-state index contributed by atoms with van der Waals surface area (Å²) < 4.78 is 65.1. The Labute approximate surface area is 155 Å². The van der Waals surface area contributed by atoms with E-state index in [1.165, 1.54) is 16.4 Å². The summed E-state index contributed by atoms with van der Waals surface area (Å²) >= 11 is 0. The minimum Gasteiger partial charge on any atom is -0.508 e. The minimum atomic E-state index is -4.48. The molecule has 1 aliphatic heterocycles. The highest BCUT2D eigenvalue weighted by Crippen LogP contribution is 2.32. The van der Waals surface area contributed by atoms with E-state index in [1.807, 2.05) is 4.90 Å². The first-order valence-corrected chi connectivity index (χ1v) is 9.78. The van der Waals surface area contributed by atoms with E-state index in [-0.39, 0.29) is 35.8 Å². The van der Waals surface area contributed by atoms with Gasteiger partial charge in [-0.3, -0.25) is 4.90 Å². The van der Waals surface area contributed by atoms with Crippen LogP contribution in [0.5, 0.6) is 5.75 Å². The number of piperazine rings is 1. The van der Waals surface area contributed by atoms with Crippen LogP contribution in [0.15, 0.2) is 53.4 Å². The number of hydrogen-bond acceptors (Lipinski definition) is 4. The number of alkyl halides is 3. The van der Waals surface area contributed by atoms with E-state index in [4.69, 9.17) is 0 Å². The summed E-state index contributed by atoms with van der Waals surface area (Å²) in [7, 11) is -3.58. The molecule has 1 saturated heterocycles. The van der Waals surface area contributed by atoms with Crippen molar-refractivity contribution < 1.29 is 26.7 Å². The number of benzene rings is 2. The Kier molecular flexibility index (Phi) is 5.45. The first-order valence-electron chi connectivity index (χ1n) is 8.34. The zero-order valence-corrected chi connectivity index (χ0v) is 15.2. The standard InChI is InChI=1S/C18H19F3N2O3S/c19-18(20,21)15-6-7-17(24)14(12-15)13-22-8-10-23(11-9-22)27(25,26)16-4-2-1-3-5-16/h1-7,12,24H,8-11,13H2. The first kappa shape index (κ1) is 19.7. The molecular weight excluding hydrogens is 381 g/mol. The Bertz CT molecular complexity index is 894. The van der Waals surface area contributed by atoms with E-state index in [9.17, 15) is 26.7 Å². The predicted octanol–water partition coefficient (Wildman–Crippen LogP) is 2.92. The fourth-order valence-electron chi connectivity index (χ4n) is 3.00. The SMILES string of the molecule is O=S(=O)(c1ccccc1)N1CCN(Cc2cc(C(F)(F)F)ccc2O)CC1. The number of halogens is 3. The molecule has 0 bridgehead atoms. The van der Waals surface area contributed by atoms with Crippen molar-refractivity contribution in [2.75, 3.05) is 26.2 Å². The molecule has 0 unspecified atom stereocenters. The van der Waals surface area contributed by atoms with E-state index in [2.05, 4.69) is 0 Å². The number of aromatic hydroxyl groups is 1. The molecule has 0 atom stereocenters. The van der Waals surface area contributed by atoms with Crippen molar-refractivity contribution in [1.29, 1.82) is 0 Å². The van der Waals surface area contributed by atoms with Gasteiger partial charge in [-0.15, -0.1) is 0 Å².